The standard InChI is InChI=1S/C10H19BrO/c1-2-9(8-11)5-6-10-4-3-7-12-10/h9-10H,2-8H2,1H3. The third kappa shape index (κ3) is 3.44. The predicted octanol–water partition coefficient (Wildman–Crippen LogP) is 3.37. The first-order valence-electron chi connectivity index (χ1n) is 5.04. The van der Waals surface area contributed by atoms with Gasteiger partial charge >= 0.3 is 0 Å². The van der Waals surface area contributed by atoms with Gasteiger partial charge in [0.1, 0.15) is 0 Å². The second kappa shape index (κ2) is 5.98. The molecule has 0 saturated carbocycles. The molecule has 0 radical (unpaired) electrons. The first-order valence-corrected chi connectivity index (χ1v) is 6.16. The van der Waals surface area contributed by atoms with Gasteiger partial charge in [0.05, 0.1) is 6.10 Å². The van der Waals surface area contributed by atoms with E-state index in [1.54, 1.807) is 0 Å². The van der Waals surface area contributed by atoms with E-state index in [9.17, 15) is 0 Å². The molecule has 0 aliphatic carbocycles. The Bertz CT molecular complexity index is 104. The van der Waals surface area contributed by atoms with Crippen molar-refractivity contribution in [2.45, 2.75) is 45.1 Å². The molecule has 1 saturated heterocycles. The van der Waals surface area contributed by atoms with Crippen LogP contribution in [0.4, 0.5) is 0 Å². The van der Waals surface area contributed by atoms with Gasteiger partial charge in [-0.15, -0.1) is 0 Å². The number of ether oxygens (including phenoxy) is 1. The second-order valence-corrected chi connectivity index (χ2v) is 4.29. The summed E-state index contributed by atoms with van der Waals surface area (Å²) >= 11 is 3.54. The maximum absolute atomic E-state index is 5.58. The van der Waals surface area contributed by atoms with Crippen LogP contribution in [0.3, 0.4) is 0 Å². The molecule has 0 bridgehead atoms. The van der Waals surface area contributed by atoms with Crippen molar-refractivity contribution in [3.05, 3.63) is 0 Å². The second-order valence-electron chi connectivity index (χ2n) is 3.64. The zero-order chi connectivity index (χ0) is 8.81. The van der Waals surface area contributed by atoms with E-state index in [4.69, 9.17) is 4.74 Å². The van der Waals surface area contributed by atoms with E-state index in [0.29, 0.717) is 6.10 Å². The molecule has 2 unspecified atom stereocenters. The molecular weight excluding hydrogens is 216 g/mol. The minimum Gasteiger partial charge on any atom is -0.378 e. The highest BCUT2D eigenvalue weighted by Crippen LogP contribution is 2.21. The van der Waals surface area contributed by atoms with Crippen molar-refractivity contribution in [1.29, 1.82) is 0 Å². The summed E-state index contributed by atoms with van der Waals surface area (Å²) in [4.78, 5) is 0. The van der Waals surface area contributed by atoms with Crippen molar-refractivity contribution in [3.63, 3.8) is 0 Å². The molecule has 72 valence electrons. The van der Waals surface area contributed by atoms with Gasteiger partial charge in [-0.05, 0) is 31.6 Å². The number of alkyl halides is 1. The quantitative estimate of drug-likeness (QED) is 0.664. The molecule has 1 aliphatic rings. The average Bonchev–Trinajstić information content (AvgIpc) is 2.59. The zero-order valence-electron chi connectivity index (χ0n) is 7.89. The highest BCUT2D eigenvalue weighted by atomic mass is 79.9. The molecule has 0 N–H and O–H groups in total. The molecule has 0 aromatic rings. The third-order valence-electron chi connectivity index (χ3n) is 2.72. The molecule has 12 heavy (non-hydrogen) atoms. The molecule has 0 aromatic carbocycles. The van der Waals surface area contributed by atoms with Gasteiger partial charge in [0.15, 0.2) is 0 Å². The van der Waals surface area contributed by atoms with Crippen LogP contribution in [0.2, 0.25) is 0 Å². The normalized spacial score (nSPS) is 26.0. The summed E-state index contributed by atoms with van der Waals surface area (Å²) in [7, 11) is 0. The number of halogens is 1. The van der Waals surface area contributed by atoms with Crippen molar-refractivity contribution in [2.24, 2.45) is 5.92 Å². The summed E-state index contributed by atoms with van der Waals surface area (Å²) in [5.41, 5.74) is 0. The van der Waals surface area contributed by atoms with E-state index in [-0.39, 0.29) is 0 Å². The number of hydrogen-bond donors (Lipinski definition) is 0. The van der Waals surface area contributed by atoms with Gasteiger partial charge in [0, 0.05) is 11.9 Å². The molecule has 1 fully saturated rings. The summed E-state index contributed by atoms with van der Waals surface area (Å²) in [5.74, 6) is 0.856. The zero-order valence-corrected chi connectivity index (χ0v) is 9.48. The summed E-state index contributed by atoms with van der Waals surface area (Å²) in [6.45, 7) is 3.26. The molecule has 1 heterocycles. The van der Waals surface area contributed by atoms with Crippen molar-refractivity contribution >= 4 is 15.9 Å². The topological polar surface area (TPSA) is 9.23 Å². The monoisotopic (exact) mass is 234 g/mol. The van der Waals surface area contributed by atoms with Gasteiger partial charge in [-0.3, -0.25) is 0 Å². The predicted molar refractivity (Wildman–Crippen MR) is 55.8 cm³/mol. The molecule has 2 heteroatoms. The fourth-order valence-corrected chi connectivity index (χ4v) is 2.47. The lowest BCUT2D eigenvalue weighted by Gasteiger charge is -2.14. The van der Waals surface area contributed by atoms with Crippen LogP contribution in [0, 0.1) is 5.92 Å². The smallest absolute Gasteiger partial charge is 0.0576 e. The van der Waals surface area contributed by atoms with E-state index in [1.165, 1.54) is 32.1 Å². The third-order valence-corrected chi connectivity index (χ3v) is 3.63. The fraction of sp³-hybridized carbons (Fsp3) is 1.00. The lowest BCUT2D eigenvalue weighted by molar-refractivity contribution is 0.0988. The highest BCUT2D eigenvalue weighted by molar-refractivity contribution is 9.09. The largest absolute Gasteiger partial charge is 0.378 e. The van der Waals surface area contributed by atoms with Crippen LogP contribution in [-0.4, -0.2) is 18.0 Å². The molecule has 1 aliphatic heterocycles. The van der Waals surface area contributed by atoms with Crippen molar-refractivity contribution < 1.29 is 4.74 Å². The molecule has 0 aromatic heterocycles. The van der Waals surface area contributed by atoms with Crippen LogP contribution >= 0.6 is 15.9 Å². The van der Waals surface area contributed by atoms with E-state index >= 15 is 0 Å². The van der Waals surface area contributed by atoms with Crippen LogP contribution in [-0.2, 0) is 4.74 Å². The Hall–Kier alpha value is 0.440. The van der Waals surface area contributed by atoms with E-state index in [2.05, 4.69) is 22.9 Å². The van der Waals surface area contributed by atoms with Crippen molar-refractivity contribution in [2.75, 3.05) is 11.9 Å². The van der Waals surface area contributed by atoms with Crippen LogP contribution in [0.5, 0.6) is 0 Å². The summed E-state index contributed by atoms with van der Waals surface area (Å²) in [5, 5.41) is 1.15. The number of hydrogen-bond acceptors (Lipinski definition) is 1. The van der Waals surface area contributed by atoms with Gasteiger partial charge in [-0.25, -0.2) is 0 Å². The molecule has 0 spiro atoms. The van der Waals surface area contributed by atoms with Gasteiger partial charge in [-0.2, -0.15) is 0 Å². The van der Waals surface area contributed by atoms with Gasteiger partial charge < -0.3 is 4.74 Å². The Morgan fingerprint density at radius 2 is 2.42 bits per heavy atom. The average molecular weight is 235 g/mol. The Morgan fingerprint density at radius 1 is 1.58 bits per heavy atom. The molecule has 2 atom stereocenters. The van der Waals surface area contributed by atoms with E-state index in [1.807, 2.05) is 0 Å². The van der Waals surface area contributed by atoms with Gasteiger partial charge in [-0.1, -0.05) is 29.3 Å². The summed E-state index contributed by atoms with van der Waals surface area (Å²) in [6, 6.07) is 0. The molecule has 1 nitrogen and oxygen atoms in total. The minimum absolute atomic E-state index is 0.582. The number of rotatable bonds is 5. The van der Waals surface area contributed by atoms with Crippen LogP contribution in [0.25, 0.3) is 0 Å². The maximum Gasteiger partial charge on any atom is 0.0576 e. The summed E-state index contributed by atoms with van der Waals surface area (Å²) < 4.78 is 5.58. The molecule has 1 rings (SSSR count). The summed E-state index contributed by atoms with van der Waals surface area (Å²) in [6.07, 6.45) is 7.03. The Kier molecular flexibility index (Phi) is 5.24. The van der Waals surface area contributed by atoms with Crippen molar-refractivity contribution in [3.8, 4) is 0 Å². The Labute approximate surface area is 84.0 Å². The van der Waals surface area contributed by atoms with Crippen LogP contribution < -0.4 is 0 Å². The van der Waals surface area contributed by atoms with Gasteiger partial charge in [0.25, 0.3) is 0 Å². The molecular formula is C10H19BrO. The van der Waals surface area contributed by atoms with E-state index in [0.717, 1.165) is 17.9 Å². The molecule has 0 amide bonds. The van der Waals surface area contributed by atoms with Gasteiger partial charge in [0.2, 0.25) is 0 Å². The van der Waals surface area contributed by atoms with Crippen molar-refractivity contribution in [1.82, 2.24) is 0 Å². The minimum atomic E-state index is 0.582. The first kappa shape index (κ1) is 10.5. The van der Waals surface area contributed by atoms with Crippen LogP contribution in [0.1, 0.15) is 39.0 Å². The van der Waals surface area contributed by atoms with Crippen LogP contribution in [0.15, 0.2) is 0 Å². The maximum atomic E-state index is 5.58. The lowest BCUT2D eigenvalue weighted by atomic mass is 9.99. The highest BCUT2D eigenvalue weighted by Gasteiger charge is 2.16. The SMILES string of the molecule is CCC(CBr)CCC1CCCO1. The first-order chi connectivity index (χ1) is 5.86. The lowest BCUT2D eigenvalue weighted by Crippen LogP contribution is -2.09. The Balaban J connectivity index is 2.06. The van der Waals surface area contributed by atoms with E-state index < -0.39 is 0 Å². The fourth-order valence-electron chi connectivity index (χ4n) is 1.68. The Morgan fingerprint density at radius 3 is 2.92 bits per heavy atom.